The molecule has 0 saturated heterocycles. The lowest BCUT2D eigenvalue weighted by Gasteiger charge is -2.21. The van der Waals surface area contributed by atoms with Crippen LogP contribution >= 0.6 is 11.6 Å². The highest BCUT2D eigenvalue weighted by Crippen LogP contribution is 2.36. The van der Waals surface area contributed by atoms with Crippen LogP contribution in [0.3, 0.4) is 0 Å². The molecule has 2 N–H and O–H groups in total. The molecule has 2 nitrogen and oxygen atoms in total. The summed E-state index contributed by atoms with van der Waals surface area (Å²) in [7, 11) is 0. The molecule has 0 aromatic heterocycles. The predicted molar refractivity (Wildman–Crippen MR) is 96.1 cm³/mol. The summed E-state index contributed by atoms with van der Waals surface area (Å²) in [5.74, 6) is 0. The first-order chi connectivity index (χ1) is 11.2. The Hall–Kier alpha value is -2.03. The molecule has 0 spiro atoms. The molecule has 0 aliphatic carbocycles. The van der Waals surface area contributed by atoms with Crippen molar-refractivity contribution in [3.63, 3.8) is 0 Å². The van der Waals surface area contributed by atoms with E-state index >= 15 is 0 Å². The minimum absolute atomic E-state index is 0.0516. The summed E-state index contributed by atoms with van der Waals surface area (Å²) in [6, 6.07) is 20.5. The highest BCUT2D eigenvalue weighted by Gasteiger charge is 2.24. The molecule has 1 aliphatic heterocycles. The number of halogens is 1. The first kappa shape index (κ1) is 14.6. The average Bonchev–Trinajstić information content (AvgIpc) is 2.73. The fourth-order valence-electron chi connectivity index (χ4n) is 3.44. The molecule has 4 rings (SSSR count). The summed E-state index contributed by atoms with van der Waals surface area (Å²) >= 11 is 6.15. The van der Waals surface area contributed by atoms with Gasteiger partial charge in [-0.3, -0.25) is 0 Å². The van der Waals surface area contributed by atoms with E-state index in [0.29, 0.717) is 12.8 Å². The van der Waals surface area contributed by atoms with Crippen molar-refractivity contribution in [2.75, 3.05) is 5.32 Å². The van der Waals surface area contributed by atoms with Crippen molar-refractivity contribution in [1.82, 2.24) is 0 Å². The van der Waals surface area contributed by atoms with E-state index in [0.717, 1.165) is 16.3 Å². The first-order valence-corrected chi connectivity index (χ1v) is 8.29. The molecule has 3 aromatic carbocycles. The van der Waals surface area contributed by atoms with Crippen molar-refractivity contribution in [1.29, 1.82) is 0 Å². The van der Waals surface area contributed by atoms with Gasteiger partial charge >= 0.3 is 0 Å². The van der Waals surface area contributed by atoms with Gasteiger partial charge in [0, 0.05) is 22.5 Å². The van der Waals surface area contributed by atoms with E-state index < -0.39 is 0 Å². The maximum Gasteiger partial charge on any atom is 0.0604 e. The summed E-state index contributed by atoms with van der Waals surface area (Å²) in [6.45, 7) is 0. The third-order valence-electron chi connectivity index (χ3n) is 4.55. The summed E-state index contributed by atoms with van der Waals surface area (Å²) in [5, 5.41) is 17.2. The Labute approximate surface area is 140 Å². The molecule has 23 heavy (non-hydrogen) atoms. The van der Waals surface area contributed by atoms with Gasteiger partial charge in [-0.1, -0.05) is 60.1 Å². The smallest absolute Gasteiger partial charge is 0.0604 e. The fraction of sp³-hybridized carbons (Fsp3) is 0.200. The highest BCUT2D eigenvalue weighted by molar-refractivity contribution is 6.30. The number of hydrogen-bond acceptors (Lipinski definition) is 2. The normalized spacial score (nSPS) is 20.6. The zero-order valence-electron chi connectivity index (χ0n) is 12.7. The number of aliphatic hydroxyl groups is 1. The van der Waals surface area contributed by atoms with E-state index in [-0.39, 0.29) is 12.1 Å². The van der Waals surface area contributed by atoms with Gasteiger partial charge in [-0.05, 0) is 35.1 Å². The molecule has 0 bridgehead atoms. The van der Waals surface area contributed by atoms with E-state index in [2.05, 4.69) is 47.8 Å². The number of fused-ring (bicyclic) bond motifs is 3. The number of nitrogens with one attached hydrogen (secondary N) is 1. The maximum atomic E-state index is 10.4. The quantitative estimate of drug-likeness (QED) is 0.664. The van der Waals surface area contributed by atoms with Gasteiger partial charge in [0.05, 0.1) is 12.1 Å². The Morgan fingerprint density at radius 2 is 1.87 bits per heavy atom. The van der Waals surface area contributed by atoms with Crippen LogP contribution in [0, 0.1) is 0 Å². The zero-order chi connectivity index (χ0) is 15.8. The molecular weight excluding hydrogens is 306 g/mol. The van der Waals surface area contributed by atoms with Crippen LogP contribution in [0.15, 0.2) is 60.7 Å². The van der Waals surface area contributed by atoms with Crippen LogP contribution in [0.1, 0.15) is 23.6 Å². The molecule has 0 unspecified atom stereocenters. The monoisotopic (exact) mass is 323 g/mol. The standard InChI is InChI=1S/C20H18ClNO/c21-16-6-3-5-14(10-16)19-12-17(23)11-15-9-8-13-4-1-2-7-18(13)20(15)22-19/h1-10,17,19,22-23H,11-12H2/t17-,19+/m1/s1. The number of hydrogen-bond donors (Lipinski definition) is 2. The molecule has 2 atom stereocenters. The number of rotatable bonds is 1. The number of anilines is 1. The van der Waals surface area contributed by atoms with E-state index in [1.807, 2.05) is 18.2 Å². The molecule has 116 valence electrons. The van der Waals surface area contributed by atoms with Crippen LogP contribution in [0.4, 0.5) is 5.69 Å². The molecule has 3 heteroatoms. The topological polar surface area (TPSA) is 32.3 Å². The lowest BCUT2D eigenvalue weighted by molar-refractivity contribution is 0.161. The van der Waals surface area contributed by atoms with Crippen molar-refractivity contribution in [2.45, 2.75) is 25.0 Å². The van der Waals surface area contributed by atoms with Gasteiger partial charge in [-0.25, -0.2) is 0 Å². The van der Waals surface area contributed by atoms with Gasteiger partial charge in [0.25, 0.3) is 0 Å². The van der Waals surface area contributed by atoms with Gasteiger partial charge in [0.1, 0.15) is 0 Å². The van der Waals surface area contributed by atoms with Crippen molar-refractivity contribution >= 4 is 28.1 Å². The largest absolute Gasteiger partial charge is 0.393 e. The molecular formula is C20H18ClNO. The lowest BCUT2D eigenvalue weighted by Crippen LogP contribution is -2.16. The minimum atomic E-state index is -0.367. The summed E-state index contributed by atoms with van der Waals surface area (Å²) in [6.07, 6.45) is 0.974. The second-order valence-electron chi connectivity index (χ2n) is 6.17. The molecule has 0 fully saturated rings. The van der Waals surface area contributed by atoms with Crippen LogP contribution in [-0.2, 0) is 6.42 Å². The number of benzene rings is 3. The molecule has 1 heterocycles. The van der Waals surface area contributed by atoms with E-state index in [9.17, 15) is 5.11 Å². The molecule has 3 aromatic rings. The Morgan fingerprint density at radius 3 is 2.74 bits per heavy atom. The number of aliphatic hydroxyl groups excluding tert-OH is 1. The lowest BCUT2D eigenvalue weighted by atomic mass is 9.99. The minimum Gasteiger partial charge on any atom is -0.393 e. The van der Waals surface area contributed by atoms with Crippen LogP contribution < -0.4 is 5.32 Å². The average molecular weight is 324 g/mol. The molecule has 1 aliphatic rings. The third kappa shape index (κ3) is 2.80. The van der Waals surface area contributed by atoms with Crippen molar-refractivity contribution in [3.8, 4) is 0 Å². The molecule has 0 saturated carbocycles. The Kier molecular flexibility index (Phi) is 3.72. The summed E-state index contributed by atoms with van der Waals surface area (Å²) < 4.78 is 0. The SMILES string of the molecule is O[C@@H]1Cc2ccc3ccccc3c2N[C@H](c2cccc(Cl)c2)C1. The van der Waals surface area contributed by atoms with Gasteiger partial charge in [-0.2, -0.15) is 0 Å². The third-order valence-corrected chi connectivity index (χ3v) is 4.78. The fourth-order valence-corrected chi connectivity index (χ4v) is 3.64. The van der Waals surface area contributed by atoms with Crippen LogP contribution in [0.2, 0.25) is 5.02 Å². The zero-order valence-corrected chi connectivity index (χ0v) is 13.4. The second kappa shape index (κ2) is 5.88. The van der Waals surface area contributed by atoms with Crippen LogP contribution in [-0.4, -0.2) is 11.2 Å². The van der Waals surface area contributed by atoms with Crippen molar-refractivity contribution in [3.05, 3.63) is 76.8 Å². The maximum absolute atomic E-state index is 10.4. The van der Waals surface area contributed by atoms with Crippen LogP contribution in [0.5, 0.6) is 0 Å². The van der Waals surface area contributed by atoms with Gasteiger partial charge in [0.2, 0.25) is 0 Å². The Balaban J connectivity index is 1.83. The van der Waals surface area contributed by atoms with E-state index in [1.165, 1.54) is 16.3 Å². The Morgan fingerprint density at radius 1 is 1.00 bits per heavy atom. The summed E-state index contributed by atoms with van der Waals surface area (Å²) in [4.78, 5) is 0. The first-order valence-electron chi connectivity index (χ1n) is 7.91. The predicted octanol–water partition coefficient (Wildman–Crippen LogP) is 4.95. The van der Waals surface area contributed by atoms with Gasteiger partial charge in [-0.15, -0.1) is 0 Å². The molecule has 0 amide bonds. The highest BCUT2D eigenvalue weighted by atomic mass is 35.5. The Bertz CT molecular complexity index is 861. The van der Waals surface area contributed by atoms with Gasteiger partial charge in [0.15, 0.2) is 0 Å². The van der Waals surface area contributed by atoms with Crippen molar-refractivity contribution in [2.24, 2.45) is 0 Å². The van der Waals surface area contributed by atoms with E-state index in [1.54, 1.807) is 0 Å². The second-order valence-corrected chi connectivity index (χ2v) is 6.60. The van der Waals surface area contributed by atoms with E-state index in [4.69, 9.17) is 11.6 Å². The van der Waals surface area contributed by atoms with Gasteiger partial charge < -0.3 is 10.4 Å². The van der Waals surface area contributed by atoms with Crippen molar-refractivity contribution < 1.29 is 5.11 Å². The summed E-state index contributed by atoms with van der Waals surface area (Å²) in [5.41, 5.74) is 3.41. The van der Waals surface area contributed by atoms with Crippen LogP contribution in [0.25, 0.3) is 10.8 Å². The molecule has 0 radical (unpaired) electrons.